The summed E-state index contributed by atoms with van der Waals surface area (Å²) in [5.41, 5.74) is 6.15. The molecule has 1 rings (SSSR count). The van der Waals surface area contributed by atoms with Gasteiger partial charge in [-0.25, -0.2) is 0 Å². The summed E-state index contributed by atoms with van der Waals surface area (Å²) in [6.45, 7) is 0.0466. The van der Waals surface area contributed by atoms with Crippen LogP contribution in [0, 0.1) is 5.92 Å². The third-order valence-corrected chi connectivity index (χ3v) is 2.57. The highest BCUT2D eigenvalue weighted by Gasteiger charge is 2.38. The number of hydrogen-bond acceptors (Lipinski definition) is 2. The van der Waals surface area contributed by atoms with Crippen molar-refractivity contribution in [2.45, 2.75) is 12.7 Å². The third-order valence-electron chi connectivity index (χ3n) is 2.57. The highest BCUT2D eigenvalue weighted by Crippen LogP contribution is 2.26. The molecule has 0 heterocycles. The van der Waals surface area contributed by atoms with Crippen molar-refractivity contribution >= 4 is 0 Å². The highest BCUT2D eigenvalue weighted by atomic mass is 19.4. The minimum atomic E-state index is -4.22. The van der Waals surface area contributed by atoms with Crippen LogP contribution in [0.15, 0.2) is 30.3 Å². The molecule has 2 nitrogen and oxygen atoms in total. The van der Waals surface area contributed by atoms with Crippen molar-refractivity contribution in [3.63, 3.8) is 0 Å². The highest BCUT2D eigenvalue weighted by molar-refractivity contribution is 5.14. The lowest BCUT2D eigenvalue weighted by Gasteiger charge is -2.24. The van der Waals surface area contributed by atoms with Crippen LogP contribution in [0.5, 0.6) is 0 Å². The second-order valence-corrected chi connectivity index (χ2v) is 4.16. The molecule has 0 saturated heterocycles. The van der Waals surface area contributed by atoms with Gasteiger partial charge in [0.05, 0.1) is 5.92 Å². The van der Waals surface area contributed by atoms with E-state index in [9.17, 15) is 13.2 Å². The quantitative estimate of drug-likeness (QED) is 0.863. The molecular formula is C12H17F3N2. The average Bonchev–Trinajstić information content (AvgIpc) is 2.25. The Balaban J connectivity index is 2.51. The third kappa shape index (κ3) is 4.75. The monoisotopic (exact) mass is 246 g/mol. The van der Waals surface area contributed by atoms with Gasteiger partial charge in [-0.3, -0.25) is 0 Å². The molecule has 0 aliphatic carbocycles. The maximum atomic E-state index is 12.5. The molecule has 2 N–H and O–H groups in total. The van der Waals surface area contributed by atoms with E-state index in [2.05, 4.69) is 0 Å². The van der Waals surface area contributed by atoms with Crippen molar-refractivity contribution in [1.82, 2.24) is 4.90 Å². The van der Waals surface area contributed by atoms with Gasteiger partial charge in [-0.05, 0) is 12.6 Å². The smallest absolute Gasteiger partial charge is 0.330 e. The number of halogens is 3. The lowest BCUT2D eigenvalue weighted by Crippen LogP contribution is -2.39. The first kappa shape index (κ1) is 14.0. The lowest BCUT2D eigenvalue weighted by atomic mass is 10.1. The van der Waals surface area contributed by atoms with Gasteiger partial charge in [0.15, 0.2) is 0 Å². The molecule has 0 spiro atoms. The molecule has 0 bridgehead atoms. The first-order valence-corrected chi connectivity index (χ1v) is 5.42. The van der Waals surface area contributed by atoms with Crippen molar-refractivity contribution in [3.05, 3.63) is 35.9 Å². The molecule has 0 aliphatic rings. The molecule has 0 saturated carbocycles. The predicted octanol–water partition coefficient (Wildman–Crippen LogP) is 2.26. The van der Waals surface area contributed by atoms with Gasteiger partial charge in [-0.15, -0.1) is 0 Å². The summed E-state index contributed by atoms with van der Waals surface area (Å²) in [4.78, 5) is 1.64. The van der Waals surface area contributed by atoms with Gasteiger partial charge in [0, 0.05) is 19.6 Å². The summed E-state index contributed by atoms with van der Waals surface area (Å²) in [5, 5.41) is 0. The molecule has 96 valence electrons. The van der Waals surface area contributed by atoms with E-state index in [1.165, 1.54) is 0 Å². The van der Waals surface area contributed by atoms with Gasteiger partial charge in [0.2, 0.25) is 0 Å². The Morgan fingerprint density at radius 2 is 1.82 bits per heavy atom. The maximum absolute atomic E-state index is 12.5. The van der Waals surface area contributed by atoms with Crippen LogP contribution in [0.25, 0.3) is 0 Å². The first-order chi connectivity index (χ1) is 7.93. The number of hydrogen-bond donors (Lipinski definition) is 1. The Bertz CT molecular complexity index is 324. The second-order valence-electron chi connectivity index (χ2n) is 4.16. The van der Waals surface area contributed by atoms with E-state index in [1.807, 2.05) is 30.3 Å². The summed E-state index contributed by atoms with van der Waals surface area (Å²) in [7, 11) is 1.67. The molecule has 1 unspecified atom stereocenters. The molecule has 1 aromatic carbocycles. The number of benzene rings is 1. The summed E-state index contributed by atoms with van der Waals surface area (Å²) < 4.78 is 37.5. The second kappa shape index (κ2) is 6.02. The van der Waals surface area contributed by atoms with E-state index in [1.54, 1.807) is 11.9 Å². The van der Waals surface area contributed by atoms with Gasteiger partial charge in [0.1, 0.15) is 0 Å². The van der Waals surface area contributed by atoms with Crippen LogP contribution in [-0.4, -0.2) is 31.2 Å². The molecule has 5 heteroatoms. The largest absolute Gasteiger partial charge is 0.394 e. The molecule has 0 aliphatic heterocycles. The van der Waals surface area contributed by atoms with Crippen LogP contribution in [0.4, 0.5) is 13.2 Å². The zero-order valence-electron chi connectivity index (χ0n) is 9.74. The fourth-order valence-electron chi connectivity index (χ4n) is 1.65. The summed E-state index contributed by atoms with van der Waals surface area (Å²) in [6, 6.07) is 9.39. The maximum Gasteiger partial charge on any atom is 0.394 e. The Labute approximate surface area is 99.2 Å². The van der Waals surface area contributed by atoms with Crippen molar-refractivity contribution in [2.75, 3.05) is 20.1 Å². The standard InChI is InChI=1S/C12H17F3N2/c1-17(8-10-5-3-2-4-6-10)9-11(7-16)12(13,14)15/h2-6,11H,7-9,16H2,1H3. The van der Waals surface area contributed by atoms with Crippen LogP contribution in [0.1, 0.15) is 5.56 Å². The predicted molar refractivity (Wildman–Crippen MR) is 61.4 cm³/mol. The minimum absolute atomic E-state index is 0.0745. The van der Waals surface area contributed by atoms with Gasteiger partial charge < -0.3 is 10.6 Å². The molecule has 0 amide bonds. The van der Waals surface area contributed by atoms with Crippen molar-refractivity contribution < 1.29 is 13.2 Å². The van der Waals surface area contributed by atoms with Crippen LogP contribution >= 0.6 is 0 Å². The van der Waals surface area contributed by atoms with E-state index in [-0.39, 0.29) is 13.1 Å². The molecule has 0 aromatic heterocycles. The van der Waals surface area contributed by atoms with E-state index >= 15 is 0 Å². The zero-order chi connectivity index (χ0) is 12.9. The van der Waals surface area contributed by atoms with E-state index < -0.39 is 12.1 Å². The Kier molecular flexibility index (Phi) is 4.96. The fourth-order valence-corrected chi connectivity index (χ4v) is 1.65. The SMILES string of the molecule is CN(Cc1ccccc1)CC(CN)C(F)(F)F. The summed E-state index contributed by atoms with van der Waals surface area (Å²) in [6.07, 6.45) is -4.22. The minimum Gasteiger partial charge on any atom is -0.330 e. The summed E-state index contributed by atoms with van der Waals surface area (Å²) in [5.74, 6) is -1.46. The van der Waals surface area contributed by atoms with Gasteiger partial charge >= 0.3 is 6.18 Å². The number of nitrogens with two attached hydrogens (primary N) is 1. The van der Waals surface area contributed by atoms with E-state index in [4.69, 9.17) is 5.73 Å². The van der Waals surface area contributed by atoms with Crippen molar-refractivity contribution in [1.29, 1.82) is 0 Å². The average molecular weight is 246 g/mol. The Hall–Kier alpha value is -1.07. The zero-order valence-corrected chi connectivity index (χ0v) is 9.74. The number of rotatable bonds is 5. The van der Waals surface area contributed by atoms with Crippen LogP contribution in [0.2, 0.25) is 0 Å². The van der Waals surface area contributed by atoms with Gasteiger partial charge in [0.25, 0.3) is 0 Å². The van der Waals surface area contributed by atoms with E-state index in [0.717, 1.165) is 5.56 Å². The van der Waals surface area contributed by atoms with Gasteiger partial charge in [-0.1, -0.05) is 30.3 Å². The summed E-state index contributed by atoms with van der Waals surface area (Å²) >= 11 is 0. The molecule has 0 fully saturated rings. The first-order valence-electron chi connectivity index (χ1n) is 5.42. The van der Waals surface area contributed by atoms with Crippen LogP contribution in [0.3, 0.4) is 0 Å². The molecule has 1 aromatic rings. The van der Waals surface area contributed by atoms with Crippen molar-refractivity contribution in [3.8, 4) is 0 Å². The molecule has 0 radical (unpaired) electrons. The van der Waals surface area contributed by atoms with Crippen LogP contribution in [-0.2, 0) is 6.54 Å². The molecule has 17 heavy (non-hydrogen) atoms. The fraction of sp³-hybridized carbons (Fsp3) is 0.500. The topological polar surface area (TPSA) is 29.3 Å². The molecular weight excluding hydrogens is 229 g/mol. The van der Waals surface area contributed by atoms with Crippen molar-refractivity contribution in [2.24, 2.45) is 11.7 Å². The Morgan fingerprint density at radius 1 is 1.24 bits per heavy atom. The van der Waals surface area contributed by atoms with Gasteiger partial charge in [-0.2, -0.15) is 13.2 Å². The van der Waals surface area contributed by atoms with Crippen LogP contribution < -0.4 is 5.73 Å². The number of alkyl halides is 3. The van der Waals surface area contributed by atoms with E-state index in [0.29, 0.717) is 6.54 Å². The Morgan fingerprint density at radius 3 is 2.29 bits per heavy atom. The molecule has 1 atom stereocenters. The number of nitrogens with zero attached hydrogens (tertiary/aromatic N) is 1. The normalized spacial score (nSPS) is 14.0. The lowest BCUT2D eigenvalue weighted by molar-refractivity contribution is -0.175.